The Bertz CT molecular complexity index is 356. The van der Waals surface area contributed by atoms with Crippen LogP contribution in [0.1, 0.15) is 0 Å². The first-order valence-electron chi connectivity index (χ1n) is 5.58. The lowest BCUT2D eigenvalue weighted by atomic mass is 10.4. The molecule has 0 aliphatic rings. The van der Waals surface area contributed by atoms with Gasteiger partial charge in [0, 0.05) is 0 Å². The highest BCUT2D eigenvalue weighted by molar-refractivity contribution is 8.07. The Morgan fingerprint density at radius 2 is 1.14 bits per heavy atom. The lowest BCUT2D eigenvalue weighted by Gasteiger charge is -2.20. The topological polar surface area (TPSA) is 170 Å². The number of rotatable bonds is 12. The maximum Gasteiger partial charge on any atom is 0.326 e. The fourth-order valence-electron chi connectivity index (χ4n) is 0.717. The maximum absolute atomic E-state index is 9.58. The van der Waals surface area contributed by atoms with Crippen molar-refractivity contribution in [1.82, 2.24) is 0 Å². The van der Waals surface area contributed by atoms with Gasteiger partial charge in [-0.05, 0) is 23.6 Å². The molecule has 0 saturated carbocycles. The van der Waals surface area contributed by atoms with Crippen molar-refractivity contribution in [1.29, 1.82) is 0 Å². The molecule has 0 bridgehead atoms. The van der Waals surface area contributed by atoms with E-state index in [0.29, 0.717) is 0 Å². The Hall–Kier alpha value is 0.900. The molecule has 4 atom stereocenters. The second kappa shape index (κ2) is 10.6. The third-order valence-corrected chi connectivity index (χ3v) is 4.88. The first-order valence-corrected chi connectivity index (χ1v) is 10.8. The van der Waals surface area contributed by atoms with Crippen LogP contribution in [0.3, 0.4) is 0 Å². The smallest absolute Gasteiger partial charge is 0.326 e. The maximum atomic E-state index is 9.58. The lowest BCUT2D eigenvalue weighted by molar-refractivity contribution is 0.0643. The van der Waals surface area contributed by atoms with Gasteiger partial charge in [-0.25, -0.2) is 0 Å². The van der Waals surface area contributed by atoms with Crippen LogP contribution >= 0.6 is 13.4 Å². The fraction of sp³-hybridized carbons (Fsp3) is 1.00. The minimum Gasteiger partial charge on any atom is -0.395 e. The van der Waals surface area contributed by atoms with E-state index in [-0.39, 0.29) is 26.4 Å². The zero-order valence-corrected chi connectivity index (χ0v) is 14.4. The summed E-state index contributed by atoms with van der Waals surface area (Å²) in [4.78, 5) is 19.2. The van der Waals surface area contributed by atoms with E-state index in [1.165, 1.54) is 0 Å². The molecule has 0 aromatic heterocycles. The summed E-state index contributed by atoms with van der Waals surface area (Å²) in [6.45, 7) is -9.03. The summed E-state index contributed by atoms with van der Waals surface area (Å²) in [6.07, 6.45) is 0. The van der Waals surface area contributed by atoms with Crippen molar-refractivity contribution in [3.05, 3.63) is 0 Å². The Kier molecular flexibility index (Phi) is 11.1. The van der Waals surface area contributed by atoms with Gasteiger partial charge in [0.2, 0.25) is 0 Å². The number of aliphatic hydroxyl groups excluding tert-OH is 2. The van der Waals surface area contributed by atoms with Crippen molar-refractivity contribution in [2.45, 2.75) is 12.1 Å². The van der Waals surface area contributed by atoms with E-state index in [1.54, 1.807) is 0 Å². The average Bonchev–Trinajstić information content (AvgIpc) is 2.41. The van der Waals surface area contributed by atoms with Gasteiger partial charge in [0.15, 0.2) is 6.79 Å². The minimum absolute atomic E-state index is 0.209. The normalized spacial score (nSPS) is 20.5. The first-order chi connectivity index (χ1) is 9.62. The van der Waals surface area contributed by atoms with Crippen LogP contribution in [0.4, 0.5) is 0 Å². The van der Waals surface area contributed by atoms with E-state index in [2.05, 4.69) is 23.6 Å². The zero-order chi connectivity index (χ0) is 16.5. The summed E-state index contributed by atoms with van der Waals surface area (Å²) in [6, 6.07) is -1.42. The third-order valence-electron chi connectivity index (χ3n) is 1.80. The molecule has 0 heterocycles. The van der Waals surface area contributed by atoms with Crippen molar-refractivity contribution in [3.63, 3.8) is 0 Å². The second-order valence-corrected chi connectivity index (χ2v) is 9.47. The lowest BCUT2D eigenvalue weighted by Crippen LogP contribution is -2.29. The van der Waals surface area contributed by atoms with Crippen LogP contribution in [0, 0.1) is 0 Å². The molecule has 0 rings (SSSR count). The molecule has 8 N–H and O–H groups in total. The Balaban J connectivity index is 4.04. The number of nitrogens with two attached hydrogens (primary N) is 2. The van der Waals surface area contributed by atoms with Crippen molar-refractivity contribution >= 4 is 37.1 Å². The van der Waals surface area contributed by atoms with Crippen LogP contribution in [0.15, 0.2) is 0 Å². The molecule has 0 aliphatic carbocycles. The molecule has 14 heteroatoms. The molecule has 0 aromatic carbocycles. The van der Waals surface area contributed by atoms with Crippen LogP contribution in [0.25, 0.3) is 0 Å². The van der Waals surface area contributed by atoms with Crippen LogP contribution in [-0.4, -0.2) is 65.3 Å². The predicted octanol–water partition coefficient (Wildman–Crippen LogP) is -1.92. The van der Waals surface area contributed by atoms with Crippen molar-refractivity contribution in [2.75, 3.05) is 33.2 Å². The molecule has 2 unspecified atom stereocenters. The molecule has 0 radical (unpaired) electrons. The van der Waals surface area contributed by atoms with Gasteiger partial charge in [-0.1, -0.05) is 0 Å². The molecule has 0 spiro atoms. The highest BCUT2D eigenvalue weighted by Gasteiger charge is 2.21. The van der Waals surface area contributed by atoms with Crippen molar-refractivity contribution in [3.8, 4) is 0 Å². The quantitative estimate of drug-likeness (QED) is 0.163. The van der Waals surface area contributed by atoms with E-state index in [4.69, 9.17) is 39.8 Å². The molecule has 128 valence electrons. The van der Waals surface area contributed by atoms with Gasteiger partial charge < -0.3 is 40.5 Å². The summed E-state index contributed by atoms with van der Waals surface area (Å²) in [7, 11) is 0. The minimum atomic E-state index is -3.63. The SMILES string of the molecule is N[C@H](CO)COP(O)(=S)OCOP(O)(=S)OC[C@@H](N)CO. The van der Waals surface area contributed by atoms with Gasteiger partial charge in [-0.3, -0.25) is 9.05 Å². The van der Waals surface area contributed by atoms with Gasteiger partial charge in [-0.2, -0.15) is 0 Å². The number of hydrogen-bond acceptors (Lipinski definition) is 10. The van der Waals surface area contributed by atoms with Crippen molar-refractivity contribution in [2.24, 2.45) is 11.5 Å². The first kappa shape index (κ1) is 21.9. The Labute approximate surface area is 132 Å². The highest BCUT2D eigenvalue weighted by atomic mass is 32.5. The Morgan fingerprint density at radius 1 is 0.810 bits per heavy atom. The summed E-state index contributed by atoms with van der Waals surface area (Å²) in [5, 5.41) is 17.4. The van der Waals surface area contributed by atoms with E-state index in [9.17, 15) is 9.79 Å². The summed E-state index contributed by atoms with van der Waals surface area (Å²) in [5.41, 5.74) is 10.7. The molecule has 0 saturated heterocycles. The van der Waals surface area contributed by atoms with Crippen molar-refractivity contribution < 1.29 is 38.1 Å². The van der Waals surface area contributed by atoms with E-state index < -0.39 is 32.3 Å². The van der Waals surface area contributed by atoms with Crippen LogP contribution in [-0.2, 0) is 41.7 Å². The molecule has 10 nitrogen and oxygen atoms in total. The van der Waals surface area contributed by atoms with Crippen LogP contribution in [0.2, 0.25) is 0 Å². The zero-order valence-electron chi connectivity index (χ0n) is 11.0. The van der Waals surface area contributed by atoms with Gasteiger partial charge in [-0.15, -0.1) is 0 Å². The van der Waals surface area contributed by atoms with Gasteiger partial charge >= 0.3 is 13.4 Å². The van der Waals surface area contributed by atoms with Gasteiger partial charge in [0.1, 0.15) is 0 Å². The van der Waals surface area contributed by atoms with Gasteiger partial charge in [0.25, 0.3) is 0 Å². The van der Waals surface area contributed by atoms with E-state index in [1.807, 2.05) is 0 Å². The summed E-state index contributed by atoms with van der Waals surface area (Å²) >= 11 is 9.26. The van der Waals surface area contributed by atoms with E-state index in [0.717, 1.165) is 0 Å². The Morgan fingerprint density at radius 3 is 1.43 bits per heavy atom. The number of aliphatic hydroxyl groups is 2. The second-order valence-electron chi connectivity index (χ2n) is 3.79. The van der Waals surface area contributed by atoms with Gasteiger partial charge in [0.05, 0.1) is 38.5 Å². The van der Waals surface area contributed by atoms with Crippen LogP contribution < -0.4 is 11.5 Å². The fourth-order valence-corrected chi connectivity index (χ4v) is 2.70. The monoisotopic (exact) mass is 386 g/mol. The largest absolute Gasteiger partial charge is 0.395 e. The van der Waals surface area contributed by atoms with Crippen LogP contribution in [0.5, 0.6) is 0 Å². The molecule has 0 fully saturated rings. The molecule has 0 aliphatic heterocycles. The molecular weight excluding hydrogens is 366 g/mol. The molecule has 0 amide bonds. The third kappa shape index (κ3) is 12.0. The molecule has 0 aromatic rings. The predicted molar refractivity (Wildman–Crippen MR) is 82.1 cm³/mol. The standard InChI is InChI=1S/C7H20N2O8P2S2/c8-6(1-10)3-14-18(12,20)16-5-17-19(13,21)15-4-7(9)2-11/h6-7,10-11H,1-5,8-9H2,(H,12,20)(H,13,21)/t6-,7+,18?,19?. The molecule has 21 heavy (non-hydrogen) atoms. The molecular formula is C7H20N2O8P2S2. The summed E-state index contributed by atoms with van der Waals surface area (Å²) < 4.78 is 19.1. The van der Waals surface area contributed by atoms with E-state index >= 15 is 0 Å². The average molecular weight is 386 g/mol. The summed E-state index contributed by atoms with van der Waals surface area (Å²) in [5.74, 6) is 0. The highest BCUT2D eigenvalue weighted by Crippen LogP contribution is 2.48. The number of hydrogen-bond donors (Lipinski definition) is 6.